The molecule has 0 spiro atoms. The standard InChI is InChI=1S/C39H50N12O25P4/c1-48-17-51(33-25(48)34(56)47-38(41)46-33)35-26(53)19(11-67-10-18-6-4-3-5-7-18)20(71-35)12-69-78(60,61)75-80(64,65)76-79(62,63)70-14-22-29(30(66-2)37(73-22)50-16-44-24-31(40)42-15-43-32(24)50)74-77(58,59)68-13-21-27(54)28(55)36(72-21)49-9-8-23(52)45-39(49)57/h3-9,15-17,19-22,26-30,35-37,53-55H,10-14H2,1-2H3,(H9-,40,41,42,43,45,46,47,52,56,57,58,59,60,61,62,63,64,65)/p+1/t19-,20-,21-,22-,26-,27-,28-,29-,30-,35-,36-,37-/m1/s1. The number of anilines is 2. The Hall–Kier alpha value is -5.40. The number of methoxy groups -OCH3 is 1. The molecule has 8 heterocycles. The number of fused-ring (bicyclic) bond motifs is 2. The highest BCUT2D eigenvalue weighted by Gasteiger charge is 2.54. The fourth-order valence-corrected chi connectivity index (χ4v) is 13.4. The molecule has 0 aliphatic carbocycles. The van der Waals surface area contributed by atoms with E-state index in [1.807, 2.05) is 4.98 Å². The van der Waals surface area contributed by atoms with Gasteiger partial charge in [0.1, 0.15) is 54.6 Å². The number of nitrogens with one attached hydrogen (secondary N) is 2. The van der Waals surface area contributed by atoms with Crippen LogP contribution in [0.3, 0.4) is 0 Å². The number of aliphatic hydroxyl groups excluding tert-OH is 3. The normalized spacial score (nSPS) is 29.2. The largest absolute Gasteiger partial charge is 0.490 e. The highest BCUT2D eigenvalue weighted by Crippen LogP contribution is 2.68. The van der Waals surface area contributed by atoms with Gasteiger partial charge in [-0.25, -0.2) is 42.6 Å². The van der Waals surface area contributed by atoms with Crippen molar-refractivity contribution in [1.82, 2.24) is 43.6 Å². The minimum atomic E-state index is -6.22. The third kappa shape index (κ3) is 12.9. The lowest BCUT2D eigenvalue weighted by atomic mass is 9.99. The lowest BCUT2D eigenvalue weighted by molar-refractivity contribution is -0.646. The number of phosphoric ester groups is 3. The Morgan fingerprint density at radius 2 is 1.34 bits per heavy atom. The molecule has 16 atom stereocenters. The number of hydrogen-bond acceptors (Lipinski definition) is 27. The molecule has 0 saturated carbocycles. The fourth-order valence-electron chi connectivity index (χ4n) is 8.97. The average molecular weight is 1210 g/mol. The zero-order chi connectivity index (χ0) is 57.6. The molecule has 37 nitrogen and oxygen atoms in total. The summed E-state index contributed by atoms with van der Waals surface area (Å²) in [6.07, 6.45) is -13.5. The van der Waals surface area contributed by atoms with E-state index in [0.29, 0.717) is 0 Å². The molecular weight excluding hydrogens is 1160 g/mol. The third-order valence-electron chi connectivity index (χ3n) is 12.6. The van der Waals surface area contributed by atoms with Gasteiger partial charge in [-0.15, -0.1) is 0 Å². The molecule has 0 bridgehead atoms. The first kappa shape index (κ1) is 59.2. The Morgan fingerprint density at radius 3 is 2.02 bits per heavy atom. The van der Waals surface area contributed by atoms with Crippen molar-refractivity contribution < 1.29 is 108 Å². The summed E-state index contributed by atoms with van der Waals surface area (Å²) >= 11 is 0. The first-order chi connectivity index (χ1) is 37.7. The molecule has 3 saturated heterocycles. The summed E-state index contributed by atoms with van der Waals surface area (Å²) in [5.41, 5.74) is 10.1. The summed E-state index contributed by atoms with van der Waals surface area (Å²) in [7, 11) is -20.9. The summed E-state index contributed by atoms with van der Waals surface area (Å²) in [6.45, 7) is -3.51. The molecule has 0 radical (unpaired) electrons. The van der Waals surface area contributed by atoms with Gasteiger partial charge < -0.3 is 70.0 Å². The van der Waals surface area contributed by atoms with Gasteiger partial charge in [0.25, 0.3) is 16.7 Å². The van der Waals surface area contributed by atoms with Crippen LogP contribution in [0.2, 0.25) is 0 Å². The van der Waals surface area contributed by atoms with Gasteiger partial charge in [-0.2, -0.15) is 18.2 Å². The van der Waals surface area contributed by atoms with Crippen molar-refractivity contribution >= 4 is 65.4 Å². The summed E-state index contributed by atoms with van der Waals surface area (Å²) in [5, 5.41) is 32.9. The number of nitrogens with two attached hydrogens (primary N) is 2. The Balaban J connectivity index is 0.874. The number of ether oxygens (including phenoxy) is 5. The maximum atomic E-state index is 13.6. The number of hydrogen-bond donors (Lipinski definition) is 11. The number of rotatable bonds is 23. The van der Waals surface area contributed by atoms with Crippen molar-refractivity contribution in [2.45, 2.75) is 74.1 Å². The van der Waals surface area contributed by atoms with E-state index in [1.54, 1.807) is 30.3 Å². The van der Waals surface area contributed by atoms with Crippen molar-refractivity contribution in [3.63, 3.8) is 0 Å². The zero-order valence-corrected chi connectivity index (χ0v) is 44.8. The number of imidazole rings is 2. The molecule has 9 rings (SSSR count). The number of nitrogen functional groups attached to an aromatic ring is 2. The molecule has 1 aromatic carbocycles. The molecule has 0 amide bonds. The Bertz CT molecular complexity index is 3610. The SMILES string of the molecule is CO[C@@H]1[C@H](OP(=O)(O)OC[C@H]2O[C@@H](n3ccc(=O)[nH]c3=O)[C@H](O)[C@@H]2O)[C@@H](COP(=O)(O)OP(=O)(O)OP(=O)(O)OC[C@H]2O[C@@H](n3c[n+](C)c4c(=O)[nH]c(N)nc43)[C@H](O)[C@@H]2COCc2ccccc2)O[C@H]1n1cnc2c(N)ncnc21. The van der Waals surface area contributed by atoms with E-state index in [1.165, 1.54) is 27.1 Å². The van der Waals surface area contributed by atoms with Gasteiger partial charge >= 0.3 is 42.5 Å². The maximum absolute atomic E-state index is 13.6. The summed E-state index contributed by atoms with van der Waals surface area (Å²) in [6, 6.07) is 9.75. The van der Waals surface area contributed by atoms with Gasteiger partial charge in [-0.3, -0.25) is 46.8 Å². The van der Waals surface area contributed by atoms with Crippen LogP contribution in [0.4, 0.5) is 11.8 Å². The molecule has 4 unspecified atom stereocenters. The van der Waals surface area contributed by atoms with Gasteiger partial charge in [-0.1, -0.05) is 30.3 Å². The van der Waals surface area contributed by atoms with Gasteiger partial charge in [0.2, 0.25) is 18.5 Å². The van der Waals surface area contributed by atoms with Gasteiger partial charge in [0.05, 0.1) is 52.5 Å². The molecule has 436 valence electrons. The van der Waals surface area contributed by atoms with Crippen molar-refractivity contribution in [2.75, 3.05) is 45.0 Å². The molecule has 6 aromatic rings. The molecule has 80 heavy (non-hydrogen) atoms. The van der Waals surface area contributed by atoms with E-state index in [4.69, 9.17) is 53.2 Å². The smallest absolute Gasteiger partial charge is 0.387 e. The van der Waals surface area contributed by atoms with Crippen LogP contribution < -0.4 is 32.8 Å². The van der Waals surface area contributed by atoms with E-state index >= 15 is 0 Å². The first-order valence-electron chi connectivity index (χ1n) is 23.3. The van der Waals surface area contributed by atoms with Gasteiger partial charge in [-0.05, 0) is 5.56 Å². The van der Waals surface area contributed by atoms with Crippen LogP contribution in [0, 0.1) is 5.92 Å². The second kappa shape index (κ2) is 23.5. The van der Waals surface area contributed by atoms with E-state index in [-0.39, 0.29) is 47.3 Å². The first-order valence-corrected chi connectivity index (χ1v) is 29.2. The minimum Gasteiger partial charge on any atom is -0.387 e. The summed E-state index contributed by atoms with van der Waals surface area (Å²) < 4.78 is 116. The lowest BCUT2D eigenvalue weighted by Gasteiger charge is -2.26. The molecule has 41 heteroatoms. The molecule has 3 fully saturated rings. The number of aliphatic hydroxyl groups is 3. The second-order valence-electron chi connectivity index (χ2n) is 17.9. The van der Waals surface area contributed by atoms with E-state index in [9.17, 15) is 67.5 Å². The Morgan fingerprint density at radius 1 is 0.700 bits per heavy atom. The fraction of sp³-hybridized carbons (Fsp3) is 0.487. The number of aromatic nitrogens is 10. The predicted octanol–water partition coefficient (Wildman–Crippen LogP) is -2.40. The van der Waals surface area contributed by atoms with Crippen LogP contribution in [0.15, 0.2) is 76.0 Å². The third-order valence-corrected chi connectivity index (χ3v) is 17.8. The molecule has 13 N–H and O–H groups in total. The van der Waals surface area contributed by atoms with Gasteiger partial charge in [0, 0.05) is 25.3 Å². The summed E-state index contributed by atoms with van der Waals surface area (Å²) in [5.74, 6) is -1.46. The van der Waals surface area contributed by atoms with Crippen LogP contribution >= 0.6 is 31.3 Å². The minimum absolute atomic E-state index is 0.00683. The van der Waals surface area contributed by atoms with Crippen LogP contribution in [-0.2, 0) is 82.3 Å². The molecular formula is C39H51N12O25P4+. The van der Waals surface area contributed by atoms with Crippen LogP contribution in [0.25, 0.3) is 22.3 Å². The van der Waals surface area contributed by atoms with E-state index in [2.05, 4.69) is 33.5 Å². The van der Waals surface area contributed by atoms with Crippen molar-refractivity contribution in [3.05, 3.63) is 98.3 Å². The average Bonchev–Trinajstić information content (AvgIpc) is 4.21. The topological polar surface area (TPSA) is 516 Å². The van der Waals surface area contributed by atoms with E-state index in [0.717, 1.165) is 42.2 Å². The molecule has 3 aliphatic heterocycles. The lowest BCUT2D eigenvalue weighted by Crippen LogP contribution is -2.38. The van der Waals surface area contributed by atoms with Crippen molar-refractivity contribution in [1.29, 1.82) is 0 Å². The highest BCUT2D eigenvalue weighted by atomic mass is 31.3. The van der Waals surface area contributed by atoms with Crippen LogP contribution in [0.1, 0.15) is 24.2 Å². The second-order valence-corrected chi connectivity index (χ2v) is 23.9. The number of aryl methyl sites for hydroxylation is 1. The number of benzene rings is 1. The maximum Gasteiger partial charge on any atom is 0.490 e. The van der Waals surface area contributed by atoms with Crippen molar-refractivity contribution in [2.24, 2.45) is 13.0 Å². The zero-order valence-electron chi connectivity index (χ0n) is 41.2. The van der Waals surface area contributed by atoms with Gasteiger partial charge in [0.15, 0.2) is 23.9 Å². The van der Waals surface area contributed by atoms with Crippen LogP contribution in [-0.4, -0.2) is 161 Å². The Kier molecular flexibility index (Phi) is 17.4. The molecule has 5 aromatic heterocycles. The number of H-pyrrole nitrogens is 2. The summed E-state index contributed by atoms with van der Waals surface area (Å²) in [4.78, 5) is 100. The number of phosphoric acid groups is 4. The quantitative estimate of drug-likeness (QED) is 0.0235. The van der Waals surface area contributed by atoms with E-state index < -0.39 is 141 Å². The number of aromatic amines is 2. The molecule has 3 aliphatic rings. The van der Waals surface area contributed by atoms with Crippen LogP contribution in [0.5, 0.6) is 0 Å². The highest BCUT2D eigenvalue weighted by molar-refractivity contribution is 7.66. The predicted molar refractivity (Wildman–Crippen MR) is 261 cm³/mol. The monoisotopic (exact) mass is 1210 g/mol. The number of nitrogens with zero attached hydrogens (tertiary/aromatic N) is 8. The Labute approximate surface area is 446 Å². The van der Waals surface area contributed by atoms with Crippen molar-refractivity contribution in [3.8, 4) is 0 Å².